The van der Waals surface area contributed by atoms with Crippen LogP contribution in [-0.2, 0) is 9.36 Å². The zero-order valence-electron chi connectivity index (χ0n) is 15.2. The minimum atomic E-state index is -3.79. The maximum atomic E-state index is 13.4. The molecule has 0 fully saturated rings. The predicted molar refractivity (Wildman–Crippen MR) is 108 cm³/mol. The zero-order chi connectivity index (χ0) is 19.4. The first-order valence-corrected chi connectivity index (χ1v) is 10.9. The normalized spacial score (nSPS) is 15.8. The number of hydrogen-bond donors (Lipinski definition) is 2. The molecule has 0 aromatic heterocycles. The number of fused-ring (bicyclic) bond motifs is 1. The van der Waals surface area contributed by atoms with Crippen LogP contribution in [0.5, 0.6) is 0 Å². The molecule has 0 bridgehead atoms. The molecule has 3 unspecified atom stereocenters. The molecular weight excluding hydrogens is 359 g/mol. The third-order valence-corrected chi connectivity index (χ3v) is 7.51. The highest BCUT2D eigenvalue weighted by Gasteiger charge is 2.37. The van der Waals surface area contributed by atoms with Crippen molar-refractivity contribution in [1.29, 1.82) is 0 Å². The molecule has 3 aromatic carbocycles. The average Bonchev–Trinajstić information content (AvgIpc) is 2.67. The second kappa shape index (κ2) is 8.08. The summed E-state index contributed by atoms with van der Waals surface area (Å²) in [4.78, 5) is 22.8. The molecule has 0 aliphatic heterocycles. The minimum absolute atomic E-state index is 0.284. The van der Waals surface area contributed by atoms with E-state index in [1.807, 2.05) is 49.4 Å². The third-order valence-electron chi connectivity index (χ3n) is 5.00. The van der Waals surface area contributed by atoms with Crippen molar-refractivity contribution in [2.75, 3.05) is 6.16 Å². The van der Waals surface area contributed by atoms with Crippen LogP contribution in [0.3, 0.4) is 0 Å². The zero-order valence-corrected chi connectivity index (χ0v) is 16.0. The Morgan fingerprint density at radius 3 is 2.26 bits per heavy atom. The highest BCUT2D eigenvalue weighted by Crippen LogP contribution is 2.60. The largest absolute Gasteiger partial charge is 0.481 e. The first-order chi connectivity index (χ1) is 12.9. The number of carboxylic acids is 1. The van der Waals surface area contributed by atoms with Crippen molar-refractivity contribution >= 4 is 24.1 Å². The summed E-state index contributed by atoms with van der Waals surface area (Å²) in [6.07, 6.45) is 0.178. The molecule has 0 radical (unpaired) electrons. The van der Waals surface area contributed by atoms with E-state index in [1.165, 1.54) is 0 Å². The van der Waals surface area contributed by atoms with Crippen molar-refractivity contribution in [3.8, 4) is 0 Å². The third kappa shape index (κ3) is 4.13. The Labute approximate surface area is 158 Å². The number of carboxylic acid groups (broad SMARTS) is 1. The molecule has 3 rings (SSSR count). The van der Waals surface area contributed by atoms with Gasteiger partial charge < -0.3 is 10.00 Å². The molecule has 0 saturated heterocycles. The van der Waals surface area contributed by atoms with Crippen LogP contribution in [0.1, 0.15) is 36.0 Å². The summed E-state index contributed by atoms with van der Waals surface area (Å²) < 4.78 is 13.4. The van der Waals surface area contributed by atoms with Crippen LogP contribution in [0.4, 0.5) is 0 Å². The SMILES string of the molecule is CCC(c1cccc2ccccc12)P(=O)(O)CC(C(=O)O)c1ccccc1. The van der Waals surface area contributed by atoms with Crippen LogP contribution >= 0.6 is 7.37 Å². The van der Waals surface area contributed by atoms with Crippen molar-refractivity contribution in [2.24, 2.45) is 0 Å². The van der Waals surface area contributed by atoms with Gasteiger partial charge in [-0.2, -0.15) is 0 Å². The van der Waals surface area contributed by atoms with E-state index in [-0.39, 0.29) is 6.16 Å². The molecule has 4 nitrogen and oxygen atoms in total. The summed E-state index contributed by atoms with van der Waals surface area (Å²) in [5, 5.41) is 11.6. The van der Waals surface area contributed by atoms with Gasteiger partial charge in [0.05, 0.1) is 11.6 Å². The summed E-state index contributed by atoms with van der Waals surface area (Å²) in [5.41, 5.74) is 0.750. The minimum Gasteiger partial charge on any atom is -0.481 e. The molecule has 2 N–H and O–H groups in total. The second-order valence-electron chi connectivity index (χ2n) is 6.73. The number of aliphatic carboxylic acids is 1. The lowest BCUT2D eigenvalue weighted by molar-refractivity contribution is -0.138. The maximum absolute atomic E-state index is 13.4. The lowest BCUT2D eigenvalue weighted by Gasteiger charge is -2.26. The van der Waals surface area contributed by atoms with Gasteiger partial charge >= 0.3 is 5.97 Å². The molecule has 0 saturated carbocycles. The van der Waals surface area contributed by atoms with Crippen LogP contribution in [0.15, 0.2) is 72.8 Å². The van der Waals surface area contributed by atoms with Crippen LogP contribution < -0.4 is 0 Å². The van der Waals surface area contributed by atoms with Gasteiger partial charge in [0.2, 0.25) is 7.37 Å². The fourth-order valence-electron chi connectivity index (χ4n) is 3.66. The Kier molecular flexibility index (Phi) is 5.79. The first kappa shape index (κ1) is 19.3. The van der Waals surface area contributed by atoms with Crippen molar-refractivity contribution in [3.63, 3.8) is 0 Å². The summed E-state index contributed by atoms with van der Waals surface area (Å²) in [6.45, 7) is 1.87. The average molecular weight is 382 g/mol. The van der Waals surface area contributed by atoms with Gasteiger partial charge in [-0.3, -0.25) is 9.36 Å². The maximum Gasteiger partial charge on any atom is 0.311 e. The van der Waals surface area contributed by atoms with E-state index in [0.717, 1.165) is 16.3 Å². The molecule has 0 spiro atoms. The van der Waals surface area contributed by atoms with Crippen LogP contribution in [0.2, 0.25) is 0 Å². The number of hydrogen-bond acceptors (Lipinski definition) is 2. The standard InChI is InChI=1S/C22H23O4P/c1-2-21(19-14-8-12-16-11-6-7-13-18(16)19)27(25,26)15-20(22(23)24)17-9-4-3-5-10-17/h3-14,20-21H,2,15H2,1H3,(H,23,24)(H,25,26). The molecule has 5 heteroatoms. The Bertz CT molecular complexity index is 979. The summed E-state index contributed by atoms with van der Waals surface area (Å²) >= 11 is 0. The smallest absolute Gasteiger partial charge is 0.311 e. The molecule has 3 atom stereocenters. The van der Waals surface area contributed by atoms with E-state index in [4.69, 9.17) is 0 Å². The topological polar surface area (TPSA) is 74.6 Å². The van der Waals surface area contributed by atoms with Gasteiger partial charge in [-0.05, 0) is 28.3 Å². The molecule has 0 amide bonds. The molecule has 140 valence electrons. The summed E-state index contributed by atoms with van der Waals surface area (Å²) in [6, 6.07) is 22.2. The van der Waals surface area contributed by atoms with E-state index in [2.05, 4.69) is 0 Å². The van der Waals surface area contributed by atoms with Crippen molar-refractivity contribution in [3.05, 3.63) is 83.9 Å². The van der Waals surface area contributed by atoms with E-state index in [9.17, 15) is 19.4 Å². The van der Waals surface area contributed by atoms with Crippen LogP contribution in [0, 0.1) is 0 Å². The molecule has 27 heavy (non-hydrogen) atoms. The first-order valence-electron chi connectivity index (χ1n) is 9.01. The van der Waals surface area contributed by atoms with Gasteiger partial charge in [0.25, 0.3) is 0 Å². The Balaban J connectivity index is 2.00. The summed E-state index contributed by atoms with van der Waals surface area (Å²) in [7, 11) is -3.79. The van der Waals surface area contributed by atoms with Crippen molar-refractivity contribution < 1.29 is 19.4 Å². The second-order valence-corrected chi connectivity index (χ2v) is 9.23. The molecule has 0 aliphatic rings. The van der Waals surface area contributed by atoms with E-state index in [0.29, 0.717) is 12.0 Å². The van der Waals surface area contributed by atoms with Gasteiger partial charge in [0.1, 0.15) is 0 Å². The number of carbonyl (C=O) groups is 1. The van der Waals surface area contributed by atoms with E-state index in [1.54, 1.807) is 30.3 Å². The highest BCUT2D eigenvalue weighted by atomic mass is 31.2. The van der Waals surface area contributed by atoms with Crippen molar-refractivity contribution in [1.82, 2.24) is 0 Å². The van der Waals surface area contributed by atoms with Gasteiger partial charge in [0.15, 0.2) is 0 Å². The fourth-order valence-corrected chi connectivity index (χ4v) is 6.04. The van der Waals surface area contributed by atoms with E-state index < -0.39 is 24.9 Å². The highest BCUT2D eigenvalue weighted by molar-refractivity contribution is 7.58. The fraction of sp³-hybridized carbons (Fsp3) is 0.227. The molecule has 3 aromatic rings. The molecule has 0 heterocycles. The van der Waals surface area contributed by atoms with Gasteiger partial charge in [-0.25, -0.2) is 0 Å². The molecule has 0 aliphatic carbocycles. The number of rotatable bonds is 7. The summed E-state index contributed by atoms with van der Waals surface area (Å²) in [5.74, 6) is -2.09. The Hall–Kier alpha value is -2.42. The molecular formula is C22H23O4P. The Morgan fingerprint density at radius 1 is 0.963 bits per heavy atom. The van der Waals surface area contributed by atoms with E-state index >= 15 is 0 Å². The quantitative estimate of drug-likeness (QED) is 0.534. The lowest BCUT2D eigenvalue weighted by atomic mass is 10.0. The van der Waals surface area contributed by atoms with Gasteiger partial charge in [-0.1, -0.05) is 79.7 Å². The predicted octanol–water partition coefficient (Wildman–Crippen LogP) is 5.43. The van der Waals surface area contributed by atoms with Crippen LogP contribution in [-0.4, -0.2) is 22.1 Å². The van der Waals surface area contributed by atoms with Gasteiger partial charge in [-0.15, -0.1) is 0 Å². The monoisotopic (exact) mass is 382 g/mol. The number of benzene rings is 3. The van der Waals surface area contributed by atoms with Gasteiger partial charge in [0, 0.05) is 6.16 Å². The lowest BCUT2D eigenvalue weighted by Crippen LogP contribution is -2.18. The van der Waals surface area contributed by atoms with Crippen molar-refractivity contribution in [2.45, 2.75) is 24.9 Å². The van der Waals surface area contributed by atoms with Crippen LogP contribution in [0.25, 0.3) is 10.8 Å². The Morgan fingerprint density at radius 2 is 1.59 bits per heavy atom.